The number of carbonyl (C=O) groups is 1. The van der Waals surface area contributed by atoms with Crippen LogP contribution in [0.15, 0.2) is 54.6 Å². The molecule has 138 valence electrons. The first-order valence-electron chi connectivity index (χ1n) is 9.13. The van der Waals surface area contributed by atoms with Gasteiger partial charge >= 0.3 is 0 Å². The Hall–Kier alpha value is -2.04. The molecule has 1 aliphatic heterocycles. The maximum absolute atomic E-state index is 12.2. The molecule has 5 heteroatoms. The molecule has 1 N–H and O–H groups in total. The van der Waals surface area contributed by atoms with E-state index in [0.29, 0.717) is 23.8 Å². The molecule has 1 atom stereocenters. The molecule has 0 aromatic heterocycles. The third-order valence-corrected chi connectivity index (χ3v) is 4.75. The van der Waals surface area contributed by atoms with Gasteiger partial charge in [0.05, 0.1) is 13.0 Å². The van der Waals surface area contributed by atoms with Gasteiger partial charge in [-0.1, -0.05) is 48.0 Å². The Kier molecular flexibility index (Phi) is 6.92. The zero-order chi connectivity index (χ0) is 18.2. The predicted octanol–water partition coefficient (Wildman–Crippen LogP) is 3.89. The normalized spacial score (nSPS) is 17.7. The minimum absolute atomic E-state index is 0.0404. The Morgan fingerprint density at radius 2 is 2.04 bits per heavy atom. The molecule has 0 saturated carbocycles. The quantitative estimate of drug-likeness (QED) is 0.801. The van der Waals surface area contributed by atoms with Crippen molar-refractivity contribution < 1.29 is 9.53 Å². The van der Waals surface area contributed by atoms with Gasteiger partial charge in [-0.3, -0.25) is 9.69 Å². The molecule has 0 radical (unpaired) electrons. The standard InChI is InChI=1S/C21H25ClN2O2/c22-18-8-4-10-20(14-18)26-13-11-21(25)23-19-9-5-12-24(16-19)15-17-6-2-1-3-7-17/h1-4,6-8,10,14,19H,5,9,11-13,15-16H2,(H,23,25). The molecular formula is C21H25ClN2O2. The van der Waals surface area contributed by atoms with Crippen molar-refractivity contribution in [3.8, 4) is 5.75 Å². The van der Waals surface area contributed by atoms with E-state index in [1.807, 2.05) is 18.2 Å². The SMILES string of the molecule is O=C(CCOc1cccc(Cl)c1)NC1CCCN(Cc2ccccc2)C1. The summed E-state index contributed by atoms with van der Waals surface area (Å²) < 4.78 is 5.59. The summed E-state index contributed by atoms with van der Waals surface area (Å²) in [5.74, 6) is 0.732. The molecule has 1 heterocycles. The molecule has 1 saturated heterocycles. The lowest BCUT2D eigenvalue weighted by atomic mass is 10.0. The summed E-state index contributed by atoms with van der Waals surface area (Å²) in [4.78, 5) is 14.6. The zero-order valence-electron chi connectivity index (χ0n) is 14.9. The number of likely N-dealkylation sites (tertiary alicyclic amines) is 1. The van der Waals surface area contributed by atoms with Crippen LogP contribution in [0.1, 0.15) is 24.8 Å². The van der Waals surface area contributed by atoms with Gasteiger partial charge in [0.2, 0.25) is 5.91 Å². The average molecular weight is 373 g/mol. The number of hydrogen-bond acceptors (Lipinski definition) is 3. The smallest absolute Gasteiger partial charge is 0.223 e. The topological polar surface area (TPSA) is 41.6 Å². The molecule has 0 aliphatic carbocycles. The van der Waals surface area contributed by atoms with Gasteiger partial charge in [0.15, 0.2) is 0 Å². The number of hydrogen-bond donors (Lipinski definition) is 1. The highest BCUT2D eigenvalue weighted by molar-refractivity contribution is 6.30. The van der Waals surface area contributed by atoms with Crippen molar-refractivity contribution in [2.24, 2.45) is 0 Å². The lowest BCUT2D eigenvalue weighted by Crippen LogP contribution is -2.47. The number of halogens is 1. The fraction of sp³-hybridized carbons (Fsp3) is 0.381. The Morgan fingerprint density at radius 1 is 1.19 bits per heavy atom. The molecule has 26 heavy (non-hydrogen) atoms. The van der Waals surface area contributed by atoms with E-state index in [-0.39, 0.29) is 11.9 Å². The molecule has 3 rings (SSSR count). The van der Waals surface area contributed by atoms with Gasteiger partial charge in [-0.15, -0.1) is 0 Å². The highest BCUT2D eigenvalue weighted by Crippen LogP contribution is 2.17. The second-order valence-corrected chi connectivity index (χ2v) is 7.12. The minimum Gasteiger partial charge on any atom is -0.493 e. The van der Waals surface area contributed by atoms with Crippen LogP contribution in [0.5, 0.6) is 5.75 Å². The van der Waals surface area contributed by atoms with E-state index in [0.717, 1.165) is 32.5 Å². The van der Waals surface area contributed by atoms with Crippen LogP contribution < -0.4 is 10.1 Å². The number of piperidine rings is 1. The first kappa shape index (κ1) is 18.7. The van der Waals surface area contributed by atoms with Gasteiger partial charge in [0.25, 0.3) is 0 Å². The number of carbonyl (C=O) groups excluding carboxylic acids is 1. The van der Waals surface area contributed by atoms with Crippen molar-refractivity contribution in [1.29, 1.82) is 0 Å². The van der Waals surface area contributed by atoms with Gasteiger partial charge in [-0.25, -0.2) is 0 Å². The van der Waals surface area contributed by atoms with Gasteiger partial charge < -0.3 is 10.1 Å². The van der Waals surface area contributed by atoms with E-state index in [4.69, 9.17) is 16.3 Å². The van der Waals surface area contributed by atoms with E-state index < -0.39 is 0 Å². The van der Waals surface area contributed by atoms with Crippen LogP contribution in [-0.2, 0) is 11.3 Å². The number of nitrogens with one attached hydrogen (secondary N) is 1. The molecule has 4 nitrogen and oxygen atoms in total. The lowest BCUT2D eigenvalue weighted by Gasteiger charge is -2.33. The summed E-state index contributed by atoms with van der Waals surface area (Å²) >= 11 is 5.92. The van der Waals surface area contributed by atoms with Crippen molar-refractivity contribution >= 4 is 17.5 Å². The van der Waals surface area contributed by atoms with Crippen LogP contribution in [0.25, 0.3) is 0 Å². The zero-order valence-corrected chi connectivity index (χ0v) is 15.6. The third kappa shape index (κ3) is 6.04. The van der Waals surface area contributed by atoms with Crippen molar-refractivity contribution in [2.45, 2.75) is 31.8 Å². The highest BCUT2D eigenvalue weighted by Gasteiger charge is 2.21. The predicted molar refractivity (Wildman–Crippen MR) is 104 cm³/mol. The Morgan fingerprint density at radius 3 is 2.85 bits per heavy atom. The number of amides is 1. The van der Waals surface area contributed by atoms with Crippen LogP contribution >= 0.6 is 11.6 Å². The average Bonchev–Trinajstić information content (AvgIpc) is 2.63. The first-order chi connectivity index (χ1) is 12.7. The molecule has 1 fully saturated rings. The van der Waals surface area contributed by atoms with Crippen molar-refractivity contribution in [3.05, 3.63) is 65.2 Å². The van der Waals surface area contributed by atoms with Crippen molar-refractivity contribution in [2.75, 3.05) is 19.7 Å². The van der Waals surface area contributed by atoms with E-state index in [2.05, 4.69) is 34.5 Å². The second-order valence-electron chi connectivity index (χ2n) is 6.68. The van der Waals surface area contributed by atoms with Crippen LogP contribution in [0, 0.1) is 0 Å². The van der Waals surface area contributed by atoms with E-state index in [1.54, 1.807) is 12.1 Å². The number of rotatable bonds is 7. The fourth-order valence-corrected chi connectivity index (χ4v) is 3.46. The summed E-state index contributed by atoms with van der Waals surface area (Å²) in [6.07, 6.45) is 2.49. The van der Waals surface area contributed by atoms with Gasteiger partial charge in [-0.2, -0.15) is 0 Å². The number of benzene rings is 2. The van der Waals surface area contributed by atoms with Crippen LogP contribution in [0.3, 0.4) is 0 Å². The summed E-state index contributed by atoms with van der Waals surface area (Å²) in [5, 5.41) is 3.78. The summed E-state index contributed by atoms with van der Waals surface area (Å²) in [6, 6.07) is 17.9. The molecule has 1 unspecified atom stereocenters. The summed E-state index contributed by atoms with van der Waals surface area (Å²) in [6.45, 7) is 3.27. The van der Waals surface area contributed by atoms with Crippen molar-refractivity contribution in [3.63, 3.8) is 0 Å². The first-order valence-corrected chi connectivity index (χ1v) is 9.51. The maximum Gasteiger partial charge on any atom is 0.223 e. The van der Waals surface area contributed by atoms with Crippen molar-refractivity contribution in [1.82, 2.24) is 10.2 Å². The molecule has 1 amide bonds. The van der Waals surface area contributed by atoms with Crippen LogP contribution in [-0.4, -0.2) is 36.5 Å². The van der Waals surface area contributed by atoms with Gasteiger partial charge in [-0.05, 0) is 43.1 Å². The highest BCUT2D eigenvalue weighted by atomic mass is 35.5. The van der Waals surface area contributed by atoms with Crippen LogP contribution in [0.2, 0.25) is 5.02 Å². The fourth-order valence-electron chi connectivity index (χ4n) is 3.28. The number of ether oxygens (including phenoxy) is 1. The molecule has 0 bridgehead atoms. The lowest BCUT2D eigenvalue weighted by molar-refractivity contribution is -0.122. The number of nitrogens with zero attached hydrogens (tertiary/aromatic N) is 1. The molecule has 1 aliphatic rings. The monoisotopic (exact) mass is 372 g/mol. The van der Waals surface area contributed by atoms with E-state index in [9.17, 15) is 4.79 Å². The van der Waals surface area contributed by atoms with Gasteiger partial charge in [0, 0.05) is 24.2 Å². The minimum atomic E-state index is 0.0404. The van der Waals surface area contributed by atoms with E-state index >= 15 is 0 Å². The summed E-state index contributed by atoms with van der Waals surface area (Å²) in [5.41, 5.74) is 1.31. The molecule has 2 aromatic carbocycles. The second kappa shape index (κ2) is 9.60. The summed E-state index contributed by atoms with van der Waals surface area (Å²) in [7, 11) is 0. The molecule has 2 aromatic rings. The third-order valence-electron chi connectivity index (χ3n) is 4.51. The Bertz CT molecular complexity index is 708. The largest absolute Gasteiger partial charge is 0.493 e. The van der Waals surface area contributed by atoms with Crippen LogP contribution in [0.4, 0.5) is 0 Å². The Labute approximate surface area is 160 Å². The molecular weight excluding hydrogens is 348 g/mol. The Balaban J connectivity index is 1.39. The van der Waals surface area contributed by atoms with Gasteiger partial charge in [0.1, 0.15) is 5.75 Å². The molecule has 0 spiro atoms. The maximum atomic E-state index is 12.2. The van der Waals surface area contributed by atoms with E-state index in [1.165, 1.54) is 5.56 Å².